The van der Waals surface area contributed by atoms with E-state index >= 15 is 0 Å². The van der Waals surface area contributed by atoms with Gasteiger partial charge in [0.1, 0.15) is 5.60 Å². The molecule has 0 N–H and O–H groups in total. The Labute approximate surface area is 147 Å². The van der Waals surface area contributed by atoms with Crippen LogP contribution < -0.4 is 0 Å². The Bertz CT molecular complexity index is 979. The lowest BCUT2D eigenvalue weighted by Gasteiger charge is -2.31. The Morgan fingerprint density at radius 2 is 1.68 bits per heavy atom. The molecule has 4 rings (SSSR count). The number of ether oxygens (including phenoxy) is 1. The van der Waals surface area contributed by atoms with Crippen LogP contribution in [0, 0.1) is 0 Å². The Morgan fingerprint density at radius 1 is 1.00 bits per heavy atom. The summed E-state index contributed by atoms with van der Waals surface area (Å²) < 4.78 is 29.2. The molecule has 5 heteroatoms. The van der Waals surface area contributed by atoms with Gasteiger partial charge in [-0.1, -0.05) is 36.4 Å². The molecule has 2 aromatic carbocycles. The highest BCUT2D eigenvalue weighted by atomic mass is 32.2. The Balaban J connectivity index is 1.88. The lowest BCUT2D eigenvalue weighted by Crippen LogP contribution is -2.39. The fraction of sp³-hybridized carbons (Fsp3) is 0.250. The van der Waals surface area contributed by atoms with Gasteiger partial charge < -0.3 is 4.74 Å². The second-order valence-electron chi connectivity index (χ2n) is 6.57. The summed E-state index contributed by atoms with van der Waals surface area (Å²) in [6, 6.07) is 14.3. The zero-order valence-corrected chi connectivity index (χ0v) is 14.7. The first-order valence-corrected chi connectivity index (χ1v) is 10.1. The van der Waals surface area contributed by atoms with E-state index in [1.165, 1.54) is 6.26 Å². The summed E-state index contributed by atoms with van der Waals surface area (Å²) >= 11 is 0. The number of sulfone groups is 1. The molecule has 1 spiro atoms. The van der Waals surface area contributed by atoms with Crippen LogP contribution >= 0.6 is 0 Å². The highest BCUT2D eigenvalue weighted by Crippen LogP contribution is 2.41. The van der Waals surface area contributed by atoms with Crippen molar-refractivity contribution < 1.29 is 17.9 Å². The Kier molecular flexibility index (Phi) is 3.67. The van der Waals surface area contributed by atoms with Crippen LogP contribution in [0.3, 0.4) is 0 Å². The van der Waals surface area contributed by atoms with Crippen molar-refractivity contribution in [1.29, 1.82) is 0 Å². The Hall–Kier alpha value is -2.24. The molecule has 1 atom stereocenters. The monoisotopic (exact) mass is 354 g/mol. The minimum atomic E-state index is -3.24. The van der Waals surface area contributed by atoms with E-state index in [0.29, 0.717) is 18.6 Å². The first-order chi connectivity index (χ1) is 11.9. The summed E-state index contributed by atoms with van der Waals surface area (Å²) in [5.74, 6) is 0.0112. The van der Waals surface area contributed by atoms with E-state index < -0.39 is 15.4 Å². The van der Waals surface area contributed by atoms with Gasteiger partial charge in [0.2, 0.25) is 0 Å². The summed E-state index contributed by atoms with van der Waals surface area (Å²) in [5, 5.41) is 0. The maximum absolute atomic E-state index is 13.0. The molecule has 0 radical (unpaired) electrons. The number of Topliss-reactive ketones (excluding diaryl/α,β-unsaturated/α-hetero) is 1. The first-order valence-electron chi connectivity index (χ1n) is 8.22. The van der Waals surface area contributed by atoms with Gasteiger partial charge in [0.15, 0.2) is 15.6 Å². The van der Waals surface area contributed by atoms with Gasteiger partial charge in [-0.3, -0.25) is 4.79 Å². The van der Waals surface area contributed by atoms with Crippen molar-refractivity contribution in [3.8, 4) is 0 Å². The van der Waals surface area contributed by atoms with E-state index in [0.717, 1.165) is 23.1 Å². The Morgan fingerprint density at radius 3 is 2.28 bits per heavy atom. The van der Waals surface area contributed by atoms with E-state index in [9.17, 15) is 13.2 Å². The third-order valence-corrected chi connectivity index (χ3v) is 6.00. The molecule has 0 aromatic heterocycles. The second kappa shape index (κ2) is 5.64. The number of carbonyl (C=O) groups excluding carboxylic acids is 1. The van der Waals surface area contributed by atoms with Crippen molar-refractivity contribution in [1.82, 2.24) is 0 Å². The van der Waals surface area contributed by atoms with Gasteiger partial charge in [-0.05, 0) is 47.8 Å². The lowest BCUT2D eigenvalue weighted by molar-refractivity contribution is 0.0351. The van der Waals surface area contributed by atoms with E-state index in [1.807, 2.05) is 30.3 Å². The number of hydrogen-bond donors (Lipinski definition) is 0. The molecule has 1 fully saturated rings. The predicted octanol–water partition coefficient (Wildman–Crippen LogP) is 3.27. The van der Waals surface area contributed by atoms with Crippen LogP contribution in [0.5, 0.6) is 0 Å². The van der Waals surface area contributed by atoms with E-state index in [1.54, 1.807) is 24.3 Å². The van der Waals surface area contributed by atoms with Gasteiger partial charge in [0, 0.05) is 18.4 Å². The van der Waals surface area contributed by atoms with Crippen LogP contribution in [0.1, 0.15) is 34.3 Å². The van der Waals surface area contributed by atoms with Gasteiger partial charge in [-0.15, -0.1) is 0 Å². The summed E-state index contributed by atoms with van der Waals surface area (Å²) in [6.45, 7) is 0.574. The molecule has 0 saturated carbocycles. The van der Waals surface area contributed by atoms with Crippen LogP contribution in [0.4, 0.5) is 0 Å². The topological polar surface area (TPSA) is 60.4 Å². The van der Waals surface area contributed by atoms with Gasteiger partial charge in [-0.2, -0.15) is 0 Å². The van der Waals surface area contributed by atoms with Gasteiger partial charge in [0.05, 0.1) is 4.90 Å². The smallest absolute Gasteiger partial charge is 0.199 e. The third kappa shape index (κ3) is 2.64. The molecule has 1 heterocycles. The molecule has 2 aromatic rings. The van der Waals surface area contributed by atoms with Crippen molar-refractivity contribution in [3.63, 3.8) is 0 Å². The summed E-state index contributed by atoms with van der Waals surface area (Å²) in [5.41, 5.74) is 2.42. The minimum Gasteiger partial charge on any atom is -0.363 e. The summed E-state index contributed by atoms with van der Waals surface area (Å²) in [4.78, 5) is 13.2. The highest BCUT2D eigenvalue weighted by molar-refractivity contribution is 7.90. The van der Waals surface area contributed by atoms with Crippen LogP contribution in [0.15, 0.2) is 59.5 Å². The van der Waals surface area contributed by atoms with Crippen LogP contribution in [0.2, 0.25) is 0 Å². The fourth-order valence-corrected chi connectivity index (χ4v) is 4.23. The first kappa shape index (κ1) is 16.2. The zero-order valence-electron chi connectivity index (χ0n) is 13.9. The molecular formula is C20H18O4S. The highest BCUT2D eigenvalue weighted by Gasteiger charge is 2.45. The number of fused-ring (bicyclic) bond motifs is 1. The second-order valence-corrected chi connectivity index (χ2v) is 8.59. The summed E-state index contributed by atoms with van der Waals surface area (Å²) in [7, 11) is -3.24. The van der Waals surface area contributed by atoms with Crippen molar-refractivity contribution >= 4 is 21.2 Å². The number of hydrogen-bond acceptors (Lipinski definition) is 4. The molecule has 1 unspecified atom stereocenters. The van der Waals surface area contributed by atoms with Crippen LogP contribution in [-0.4, -0.2) is 32.7 Å². The molecule has 2 aliphatic rings. The molecule has 0 amide bonds. The minimum absolute atomic E-state index is 0.0112. The van der Waals surface area contributed by atoms with Crippen molar-refractivity contribution in [3.05, 3.63) is 71.3 Å². The van der Waals surface area contributed by atoms with E-state index in [-0.39, 0.29) is 10.7 Å². The zero-order chi connectivity index (χ0) is 17.7. The van der Waals surface area contributed by atoms with Crippen molar-refractivity contribution in [2.45, 2.75) is 23.3 Å². The van der Waals surface area contributed by atoms with Crippen LogP contribution in [0.25, 0.3) is 5.57 Å². The van der Waals surface area contributed by atoms with Gasteiger partial charge in [-0.25, -0.2) is 8.42 Å². The molecular weight excluding hydrogens is 336 g/mol. The molecule has 1 aliphatic heterocycles. The molecule has 1 saturated heterocycles. The quantitative estimate of drug-likeness (QED) is 0.830. The SMILES string of the molecule is CS(=O)(=O)c1ccc(C2=CC3(CCCO3)C(=O)c3ccccc32)cc1. The molecule has 25 heavy (non-hydrogen) atoms. The van der Waals surface area contributed by atoms with Crippen molar-refractivity contribution in [2.75, 3.05) is 12.9 Å². The largest absolute Gasteiger partial charge is 0.363 e. The summed E-state index contributed by atoms with van der Waals surface area (Å²) in [6.07, 6.45) is 4.63. The van der Waals surface area contributed by atoms with Crippen LogP contribution in [-0.2, 0) is 14.6 Å². The average molecular weight is 354 g/mol. The van der Waals surface area contributed by atoms with E-state index in [4.69, 9.17) is 4.74 Å². The number of ketones is 1. The molecule has 0 bridgehead atoms. The number of benzene rings is 2. The average Bonchev–Trinajstić information content (AvgIpc) is 3.07. The maximum atomic E-state index is 13.0. The number of carbonyl (C=O) groups is 1. The standard InChI is InChI=1S/C20H18O4S/c1-25(22,23)15-9-7-14(8-10-15)18-13-20(11-4-12-24-20)19(21)17-6-3-2-5-16(17)18/h2-3,5-10,13H,4,11-12H2,1H3. The van der Waals surface area contributed by atoms with Gasteiger partial charge in [0.25, 0.3) is 0 Å². The molecule has 1 aliphatic carbocycles. The fourth-order valence-electron chi connectivity index (χ4n) is 3.60. The predicted molar refractivity (Wildman–Crippen MR) is 95.3 cm³/mol. The van der Waals surface area contributed by atoms with E-state index in [2.05, 4.69) is 0 Å². The molecule has 128 valence electrons. The normalized spacial score (nSPS) is 22.8. The van der Waals surface area contributed by atoms with Crippen molar-refractivity contribution in [2.24, 2.45) is 0 Å². The molecule has 4 nitrogen and oxygen atoms in total. The number of rotatable bonds is 2. The third-order valence-electron chi connectivity index (χ3n) is 4.87. The van der Waals surface area contributed by atoms with Gasteiger partial charge >= 0.3 is 0 Å². The lowest BCUT2D eigenvalue weighted by atomic mass is 9.77. The maximum Gasteiger partial charge on any atom is 0.199 e.